The zero-order valence-electron chi connectivity index (χ0n) is 18.6. The van der Waals surface area contributed by atoms with Gasteiger partial charge in [0.25, 0.3) is 5.95 Å². The van der Waals surface area contributed by atoms with Gasteiger partial charge in [0, 0.05) is 44.3 Å². The van der Waals surface area contributed by atoms with Crippen molar-refractivity contribution in [2.45, 2.75) is 50.3 Å². The van der Waals surface area contributed by atoms with Crippen LogP contribution in [0, 0.1) is 34.6 Å². The van der Waals surface area contributed by atoms with Crippen molar-refractivity contribution in [1.82, 2.24) is 24.7 Å². The summed E-state index contributed by atoms with van der Waals surface area (Å²) >= 11 is 3.25. The Morgan fingerprint density at radius 2 is 1.69 bits per heavy atom. The molecule has 4 rings (SSSR count). The predicted octanol–water partition coefficient (Wildman–Crippen LogP) is 4.99. The largest absolute Gasteiger partial charge is 0.326 e. The highest BCUT2D eigenvalue weighted by molar-refractivity contribution is 8.01. The van der Waals surface area contributed by atoms with E-state index in [4.69, 9.17) is 0 Å². The summed E-state index contributed by atoms with van der Waals surface area (Å²) in [6.07, 6.45) is 0.233. The Hall–Kier alpha value is -3.04. The minimum absolute atomic E-state index is 0.0898. The molecular formula is C23H24N6OS2. The van der Waals surface area contributed by atoms with Gasteiger partial charge in [0.1, 0.15) is 0 Å². The molecule has 32 heavy (non-hydrogen) atoms. The van der Waals surface area contributed by atoms with E-state index in [0.717, 1.165) is 49.0 Å². The van der Waals surface area contributed by atoms with E-state index in [1.165, 1.54) is 0 Å². The maximum atomic E-state index is 12.7. The molecule has 0 radical (unpaired) electrons. The van der Waals surface area contributed by atoms with Gasteiger partial charge in [-0.05, 0) is 65.0 Å². The first-order valence-electron chi connectivity index (χ1n) is 10.2. The van der Waals surface area contributed by atoms with Crippen LogP contribution in [0.2, 0.25) is 0 Å². The molecular weight excluding hydrogens is 440 g/mol. The minimum Gasteiger partial charge on any atom is -0.326 e. The van der Waals surface area contributed by atoms with Crippen LogP contribution < -0.4 is 5.32 Å². The van der Waals surface area contributed by atoms with Crippen LogP contribution in [-0.2, 0) is 11.2 Å². The Bertz CT molecular complexity index is 1260. The van der Waals surface area contributed by atoms with Crippen LogP contribution in [0.1, 0.15) is 34.0 Å². The fraction of sp³-hybridized carbons (Fsp3) is 0.261. The van der Waals surface area contributed by atoms with Gasteiger partial charge in [-0.1, -0.05) is 11.8 Å². The second-order valence-electron chi connectivity index (χ2n) is 7.62. The first-order chi connectivity index (χ1) is 15.3. The van der Waals surface area contributed by atoms with Crippen molar-refractivity contribution in [3.05, 3.63) is 69.7 Å². The number of aryl methyl sites for hydroxylation is 4. The standard InChI is InChI=1S/C23H24N6OS2/c1-13-10-14(2)25-22(24-13)29-17(5)20(16(4)28-29)11-21(30)27-18-6-8-19(9-7-18)32-23-26-15(3)12-31-23/h6-10,12H,11H2,1-5H3,(H,27,30). The van der Waals surface area contributed by atoms with Gasteiger partial charge in [-0.25, -0.2) is 19.6 Å². The van der Waals surface area contributed by atoms with E-state index >= 15 is 0 Å². The molecule has 7 nitrogen and oxygen atoms in total. The van der Waals surface area contributed by atoms with Crippen LogP contribution in [-0.4, -0.2) is 30.6 Å². The number of anilines is 1. The van der Waals surface area contributed by atoms with Gasteiger partial charge in [0.15, 0.2) is 4.34 Å². The molecule has 0 atom stereocenters. The van der Waals surface area contributed by atoms with Gasteiger partial charge >= 0.3 is 0 Å². The van der Waals surface area contributed by atoms with E-state index in [-0.39, 0.29) is 12.3 Å². The molecule has 0 aliphatic carbocycles. The smallest absolute Gasteiger partial charge is 0.251 e. The third-order valence-electron chi connectivity index (χ3n) is 4.88. The third kappa shape index (κ3) is 5.05. The number of rotatable bonds is 6. The summed E-state index contributed by atoms with van der Waals surface area (Å²) in [6.45, 7) is 9.69. The Kier molecular flexibility index (Phi) is 6.38. The van der Waals surface area contributed by atoms with Crippen molar-refractivity contribution in [3.63, 3.8) is 0 Å². The summed E-state index contributed by atoms with van der Waals surface area (Å²) in [4.78, 5) is 27.3. The number of hydrogen-bond acceptors (Lipinski definition) is 7. The van der Waals surface area contributed by atoms with Crippen molar-refractivity contribution in [1.29, 1.82) is 0 Å². The topological polar surface area (TPSA) is 85.6 Å². The second kappa shape index (κ2) is 9.22. The number of carbonyl (C=O) groups excluding carboxylic acids is 1. The highest BCUT2D eigenvalue weighted by Crippen LogP contribution is 2.31. The summed E-state index contributed by atoms with van der Waals surface area (Å²) in [7, 11) is 0. The first kappa shape index (κ1) is 22.2. The maximum Gasteiger partial charge on any atom is 0.251 e. The quantitative estimate of drug-likeness (QED) is 0.432. The van der Waals surface area contributed by atoms with Crippen LogP contribution in [0.5, 0.6) is 0 Å². The second-order valence-corrected chi connectivity index (χ2v) is 9.80. The van der Waals surface area contributed by atoms with E-state index in [2.05, 4.69) is 25.4 Å². The number of nitrogens with one attached hydrogen (secondary N) is 1. The first-order valence-corrected chi connectivity index (χ1v) is 11.9. The van der Waals surface area contributed by atoms with Gasteiger partial charge in [0.05, 0.1) is 12.1 Å². The molecule has 0 aliphatic heterocycles. The van der Waals surface area contributed by atoms with Crippen molar-refractivity contribution >= 4 is 34.7 Å². The Labute approximate surface area is 195 Å². The molecule has 0 unspecified atom stereocenters. The lowest BCUT2D eigenvalue weighted by Crippen LogP contribution is -2.15. The van der Waals surface area contributed by atoms with Crippen molar-refractivity contribution in [2.24, 2.45) is 0 Å². The molecule has 4 aromatic rings. The number of thiazole rings is 1. The Morgan fingerprint density at radius 3 is 2.31 bits per heavy atom. The molecule has 9 heteroatoms. The van der Waals surface area contributed by atoms with E-state index in [1.807, 2.05) is 70.3 Å². The number of amides is 1. The van der Waals surface area contributed by atoms with Gasteiger partial charge < -0.3 is 5.32 Å². The van der Waals surface area contributed by atoms with Gasteiger partial charge in [-0.2, -0.15) is 5.10 Å². The number of aromatic nitrogens is 5. The molecule has 0 saturated carbocycles. The van der Waals surface area contributed by atoms with Crippen molar-refractivity contribution in [3.8, 4) is 5.95 Å². The fourth-order valence-electron chi connectivity index (χ4n) is 3.38. The highest BCUT2D eigenvalue weighted by Gasteiger charge is 2.18. The lowest BCUT2D eigenvalue weighted by molar-refractivity contribution is -0.115. The number of benzene rings is 1. The summed E-state index contributed by atoms with van der Waals surface area (Å²) in [5, 5.41) is 9.59. The molecule has 3 aromatic heterocycles. The minimum atomic E-state index is -0.0898. The van der Waals surface area contributed by atoms with Crippen LogP contribution in [0.15, 0.2) is 44.9 Å². The lowest BCUT2D eigenvalue weighted by atomic mass is 10.1. The van der Waals surface area contributed by atoms with Gasteiger partial charge in [0.2, 0.25) is 5.91 Å². The zero-order valence-corrected chi connectivity index (χ0v) is 20.3. The molecule has 0 bridgehead atoms. The number of hydrogen-bond donors (Lipinski definition) is 1. The average molecular weight is 465 g/mol. The number of carbonyl (C=O) groups is 1. The molecule has 3 heterocycles. The maximum absolute atomic E-state index is 12.7. The Balaban J connectivity index is 1.44. The summed E-state index contributed by atoms with van der Waals surface area (Å²) in [5.74, 6) is 0.436. The fourth-order valence-corrected chi connectivity index (χ4v) is 5.19. The molecule has 1 amide bonds. The SMILES string of the molecule is Cc1cc(C)nc(-n2nc(C)c(CC(=O)Nc3ccc(Sc4nc(C)cs4)cc3)c2C)n1. The van der Waals surface area contributed by atoms with E-state index in [1.54, 1.807) is 27.8 Å². The van der Waals surface area contributed by atoms with Crippen LogP contribution >= 0.6 is 23.1 Å². The van der Waals surface area contributed by atoms with Crippen molar-refractivity contribution < 1.29 is 4.79 Å². The normalized spacial score (nSPS) is 11.0. The summed E-state index contributed by atoms with van der Waals surface area (Å²) in [5.41, 5.74) is 6.10. The van der Waals surface area contributed by atoms with E-state index in [9.17, 15) is 4.79 Å². The van der Waals surface area contributed by atoms with E-state index < -0.39 is 0 Å². The molecule has 0 spiro atoms. The average Bonchev–Trinajstić information content (AvgIpc) is 3.26. The molecule has 0 fully saturated rings. The monoisotopic (exact) mass is 464 g/mol. The molecule has 1 N–H and O–H groups in total. The number of nitrogens with zero attached hydrogens (tertiary/aromatic N) is 5. The molecule has 0 aliphatic rings. The van der Waals surface area contributed by atoms with Gasteiger partial charge in [-0.3, -0.25) is 4.79 Å². The van der Waals surface area contributed by atoms with Crippen LogP contribution in [0.4, 0.5) is 5.69 Å². The summed E-state index contributed by atoms with van der Waals surface area (Å²) < 4.78 is 2.72. The zero-order chi connectivity index (χ0) is 22.8. The molecule has 0 saturated heterocycles. The van der Waals surface area contributed by atoms with Crippen LogP contribution in [0.3, 0.4) is 0 Å². The van der Waals surface area contributed by atoms with Crippen molar-refractivity contribution in [2.75, 3.05) is 5.32 Å². The molecule has 1 aromatic carbocycles. The lowest BCUT2D eigenvalue weighted by Gasteiger charge is -2.08. The van der Waals surface area contributed by atoms with E-state index in [0.29, 0.717) is 5.95 Å². The van der Waals surface area contributed by atoms with Crippen LogP contribution in [0.25, 0.3) is 5.95 Å². The van der Waals surface area contributed by atoms with Gasteiger partial charge in [-0.15, -0.1) is 11.3 Å². The molecule has 164 valence electrons. The third-order valence-corrected chi connectivity index (χ3v) is 6.94. The highest BCUT2D eigenvalue weighted by atomic mass is 32.2. The Morgan fingerprint density at radius 1 is 1.00 bits per heavy atom. The predicted molar refractivity (Wildman–Crippen MR) is 128 cm³/mol. The summed E-state index contributed by atoms with van der Waals surface area (Å²) in [6, 6.07) is 9.72.